The number of carboxylic acid groups (broad SMARTS) is 2. The minimum Gasteiger partial charge on any atom is -0.482 e. The molecule has 1 atom stereocenters. The number of ether oxygens (including phenoxy) is 1. The number of aliphatic hydroxyl groups excluding tert-OH is 1. The van der Waals surface area contributed by atoms with Crippen LogP contribution in [-0.4, -0.2) is 39.9 Å². The van der Waals surface area contributed by atoms with Gasteiger partial charge in [-0.2, -0.15) is 0 Å². The summed E-state index contributed by atoms with van der Waals surface area (Å²) in [5.41, 5.74) is 5.60. The van der Waals surface area contributed by atoms with Gasteiger partial charge in [0, 0.05) is 0 Å². The fourth-order valence-corrected chi connectivity index (χ4v) is 0.836. The molecule has 0 bridgehead atoms. The molecule has 0 aliphatic rings. The molecule has 1 aromatic carbocycles. The number of carboxylic acids is 2. The van der Waals surface area contributed by atoms with E-state index in [0.29, 0.717) is 5.75 Å². The second-order valence-electron chi connectivity index (χ2n) is 3.61. The summed E-state index contributed by atoms with van der Waals surface area (Å²) >= 11 is 0. The number of nitrogens with two attached hydrogens (primary N) is 1. The van der Waals surface area contributed by atoms with Crippen LogP contribution in [0.3, 0.4) is 0 Å². The van der Waals surface area contributed by atoms with E-state index in [1.54, 1.807) is 24.3 Å². The molecular formula is C12H17NO6. The van der Waals surface area contributed by atoms with Crippen molar-refractivity contribution >= 4 is 11.9 Å². The first-order valence-corrected chi connectivity index (χ1v) is 5.39. The standard InChI is InChI=1S/C9H10O4.C3H7NO2/c10-5-7-1-3-8(4-2-7)13-6-9(11)12;1-2(4)3(5)6/h1-4,10H,5-6H2,(H,11,12);2H,4H2,1H3,(H,5,6)/t;2-/m.0/s1. The van der Waals surface area contributed by atoms with Gasteiger partial charge in [0.15, 0.2) is 6.61 Å². The molecule has 7 heteroatoms. The Kier molecular flexibility index (Phi) is 7.90. The topological polar surface area (TPSA) is 130 Å². The number of aliphatic hydroxyl groups is 1. The van der Waals surface area contributed by atoms with Crippen LogP contribution in [0.2, 0.25) is 0 Å². The summed E-state index contributed by atoms with van der Waals surface area (Å²) in [6.45, 7) is 1.04. The maximum Gasteiger partial charge on any atom is 0.341 e. The SMILES string of the molecule is C[C@H](N)C(=O)O.O=C(O)COc1ccc(CO)cc1. The van der Waals surface area contributed by atoms with Gasteiger partial charge in [0.2, 0.25) is 0 Å². The highest BCUT2D eigenvalue weighted by atomic mass is 16.5. The van der Waals surface area contributed by atoms with Crippen LogP contribution in [0.15, 0.2) is 24.3 Å². The molecule has 0 fully saturated rings. The van der Waals surface area contributed by atoms with E-state index in [-0.39, 0.29) is 13.2 Å². The largest absolute Gasteiger partial charge is 0.482 e. The van der Waals surface area contributed by atoms with E-state index in [9.17, 15) is 9.59 Å². The minimum atomic E-state index is -1.01. The lowest BCUT2D eigenvalue weighted by Crippen LogP contribution is -2.25. The van der Waals surface area contributed by atoms with Gasteiger partial charge in [0.25, 0.3) is 0 Å². The quantitative estimate of drug-likeness (QED) is 0.595. The number of aliphatic carboxylic acids is 2. The van der Waals surface area contributed by atoms with Crippen molar-refractivity contribution < 1.29 is 29.6 Å². The molecule has 106 valence electrons. The smallest absolute Gasteiger partial charge is 0.341 e. The average molecular weight is 271 g/mol. The Labute approximate surface area is 110 Å². The van der Waals surface area contributed by atoms with Crippen LogP contribution >= 0.6 is 0 Å². The van der Waals surface area contributed by atoms with Crippen molar-refractivity contribution in [1.82, 2.24) is 0 Å². The third-order valence-electron chi connectivity index (χ3n) is 1.86. The first-order chi connectivity index (χ1) is 8.86. The molecule has 19 heavy (non-hydrogen) atoms. The Balaban J connectivity index is 0.000000459. The molecule has 0 aromatic heterocycles. The van der Waals surface area contributed by atoms with Crippen molar-refractivity contribution in [2.24, 2.45) is 5.73 Å². The number of carbonyl (C=O) groups is 2. The molecule has 1 rings (SSSR count). The highest BCUT2D eigenvalue weighted by Gasteiger charge is 1.99. The van der Waals surface area contributed by atoms with Crippen molar-refractivity contribution in [2.75, 3.05) is 6.61 Å². The molecule has 0 saturated carbocycles. The summed E-state index contributed by atoms with van der Waals surface area (Å²) in [4.78, 5) is 19.7. The van der Waals surface area contributed by atoms with Gasteiger partial charge in [0.1, 0.15) is 11.8 Å². The molecule has 0 radical (unpaired) electrons. The molecule has 0 heterocycles. The van der Waals surface area contributed by atoms with Crippen LogP contribution in [0.25, 0.3) is 0 Å². The van der Waals surface area contributed by atoms with Gasteiger partial charge in [-0.05, 0) is 24.6 Å². The van der Waals surface area contributed by atoms with E-state index < -0.39 is 18.0 Å². The molecular weight excluding hydrogens is 254 g/mol. The van der Waals surface area contributed by atoms with Crippen LogP contribution < -0.4 is 10.5 Å². The highest BCUT2D eigenvalue weighted by molar-refractivity contribution is 5.72. The monoisotopic (exact) mass is 271 g/mol. The second kappa shape index (κ2) is 8.90. The Bertz CT molecular complexity index is 401. The number of hydrogen-bond acceptors (Lipinski definition) is 5. The predicted octanol–water partition coefficient (Wildman–Crippen LogP) is 0.0605. The number of benzene rings is 1. The van der Waals surface area contributed by atoms with Crippen LogP contribution in [0.5, 0.6) is 5.75 Å². The predicted molar refractivity (Wildman–Crippen MR) is 66.8 cm³/mol. The average Bonchev–Trinajstić information content (AvgIpc) is 2.37. The zero-order valence-corrected chi connectivity index (χ0v) is 10.4. The van der Waals surface area contributed by atoms with Crippen molar-refractivity contribution in [3.63, 3.8) is 0 Å². The number of hydrogen-bond donors (Lipinski definition) is 4. The summed E-state index contributed by atoms with van der Waals surface area (Å²) in [7, 11) is 0. The van der Waals surface area contributed by atoms with Gasteiger partial charge in [-0.1, -0.05) is 12.1 Å². The summed E-state index contributed by atoms with van der Waals surface area (Å²) in [6.07, 6.45) is 0. The normalized spacial score (nSPS) is 10.9. The fraction of sp³-hybridized carbons (Fsp3) is 0.333. The van der Waals surface area contributed by atoms with E-state index in [0.717, 1.165) is 5.56 Å². The summed E-state index contributed by atoms with van der Waals surface area (Å²) in [5, 5.41) is 24.9. The minimum absolute atomic E-state index is 0.0286. The maximum atomic E-state index is 10.1. The van der Waals surface area contributed by atoms with Gasteiger partial charge in [0.05, 0.1) is 6.61 Å². The third-order valence-corrected chi connectivity index (χ3v) is 1.86. The lowest BCUT2D eigenvalue weighted by Gasteiger charge is -2.02. The lowest BCUT2D eigenvalue weighted by atomic mass is 10.2. The van der Waals surface area contributed by atoms with Crippen molar-refractivity contribution in [3.05, 3.63) is 29.8 Å². The molecule has 7 nitrogen and oxygen atoms in total. The Morgan fingerprint density at radius 2 is 1.74 bits per heavy atom. The van der Waals surface area contributed by atoms with Crippen LogP contribution in [0.4, 0.5) is 0 Å². The van der Waals surface area contributed by atoms with Gasteiger partial charge in [-0.25, -0.2) is 4.79 Å². The lowest BCUT2D eigenvalue weighted by molar-refractivity contribution is -0.139. The molecule has 0 aliphatic carbocycles. The van der Waals surface area contributed by atoms with E-state index in [4.69, 9.17) is 25.8 Å². The first kappa shape index (κ1) is 16.9. The van der Waals surface area contributed by atoms with Crippen molar-refractivity contribution in [3.8, 4) is 5.75 Å². The van der Waals surface area contributed by atoms with Crippen LogP contribution in [-0.2, 0) is 16.2 Å². The summed E-state index contributed by atoms with van der Waals surface area (Å²) < 4.78 is 4.89. The van der Waals surface area contributed by atoms with Crippen LogP contribution in [0.1, 0.15) is 12.5 Å². The van der Waals surface area contributed by atoms with Crippen molar-refractivity contribution in [2.45, 2.75) is 19.6 Å². The Morgan fingerprint density at radius 1 is 1.26 bits per heavy atom. The fourth-order valence-electron chi connectivity index (χ4n) is 0.836. The van der Waals surface area contributed by atoms with Crippen molar-refractivity contribution in [1.29, 1.82) is 0 Å². The van der Waals surface area contributed by atoms with Gasteiger partial charge >= 0.3 is 11.9 Å². The summed E-state index contributed by atoms with van der Waals surface area (Å²) in [6, 6.07) is 5.86. The van der Waals surface area contributed by atoms with Gasteiger partial charge in [-0.15, -0.1) is 0 Å². The summed E-state index contributed by atoms with van der Waals surface area (Å²) in [5.74, 6) is -1.49. The van der Waals surface area contributed by atoms with E-state index in [1.807, 2.05) is 0 Å². The Morgan fingerprint density at radius 3 is 2.05 bits per heavy atom. The van der Waals surface area contributed by atoms with Crippen LogP contribution in [0, 0.1) is 0 Å². The first-order valence-electron chi connectivity index (χ1n) is 5.39. The highest BCUT2D eigenvalue weighted by Crippen LogP contribution is 2.11. The molecule has 0 saturated heterocycles. The molecule has 5 N–H and O–H groups in total. The molecule has 0 aliphatic heterocycles. The van der Waals surface area contributed by atoms with Gasteiger partial charge < -0.3 is 25.8 Å². The van der Waals surface area contributed by atoms with E-state index in [2.05, 4.69) is 0 Å². The van der Waals surface area contributed by atoms with E-state index >= 15 is 0 Å². The molecule has 0 spiro atoms. The van der Waals surface area contributed by atoms with Gasteiger partial charge in [-0.3, -0.25) is 4.79 Å². The number of rotatable bonds is 5. The molecule has 0 amide bonds. The Hall–Kier alpha value is -2.12. The second-order valence-corrected chi connectivity index (χ2v) is 3.61. The zero-order chi connectivity index (χ0) is 14.8. The maximum absolute atomic E-state index is 10.1. The molecule has 0 unspecified atom stereocenters. The van der Waals surface area contributed by atoms with E-state index in [1.165, 1.54) is 6.92 Å². The third kappa shape index (κ3) is 8.58. The zero-order valence-electron chi connectivity index (χ0n) is 10.4. The molecule has 1 aromatic rings.